The maximum absolute atomic E-state index is 11.4. The molecule has 18 heavy (non-hydrogen) atoms. The largest absolute Gasteiger partial charge is 0.465 e. The fourth-order valence-corrected chi connectivity index (χ4v) is 1.50. The molecule has 1 aromatic rings. The number of esters is 1. The van der Waals surface area contributed by atoms with E-state index in [2.05, 4.69) is 19.9 Å². The minimum atomic E-state index is -0.453. The SMILES string of the molecule is COC(=O)c1ccnc(NCCCN(C)C)c1N. The molecular formula is C12H20N4O2. The zero-order chi connectivity index (χ0) is 13.5. The Bertz CT molecular complexity index is 407. The van der Waals surface area contributed by atoms with E-state index in [1.807, 2.05) is 14.1 Å². The second-order valence-electron chi connectivity index (χ2n) is 4.20. The molecule has 0 aliphatic rings. The van der Waals surface area contributed by atoms with E-state index in [4.69, 9.17) is 5.73 Å². The summed E-state index contributed by atoms with van der Waals surface area (Å²) in [5.74, 6) is 0.0721. The quantitative estimate of drug-likeness (QED) is 0.576. The van der Waals surface area contributed by atoms with Gasteiger partial charge in [-0.25, -0.2) is 9.78 Å². The number of nitrogens with one attached hydrogen (secondary N) is 1. The normalized spacial score (nSPS) is 10.4. The molecular weight excluding hydrogens is 232 g/mol. The van der Waals surface area contributed by atoms with Gasteiger partial charge in [0.2, 0.25) is 0 Å². The van der Waals surface area contributed by atoms with Gasteiger partial charge >= 0.3 is 5.97 Å². The van der Waals surface area contributed by atoms with Crippen LogP contribution in [0.1, 0.15) is 16.8 Å². The van der Waals surface area contributed by atoms with E-state index in [-0.39, 0.29) is 0 Å². The van der Waals surface area contributed by atoms with Crippen molar-refractivity contribution < 1.29 is 9.53 Å². The predicted octanol–water partition coefficient (Wildman–Crippen LogP) is 0.814. The van der Waals surface area contributed by atoms with Crippen molar-refractivity contribution in [3.63, 3.8) is 0 Å². The summed E-state index contributed by atoms with van der Waals surface area (Å²) in [5, 5.41) is 3.12. The molecule has 0 aliphatic carbocycles. The number of carbonyl (C=O) groups excluding carboxylic acids is 1. The van der Waals surface area contributed by atoms with Crippen molar-refractivity contribution in [3.05, 3.63) is 17.8 Å². The number of ether oxygens (including phenoxy) is 1. The highest BCUT2D eigenvalue weighted by molar-refractivity contribution is 5.97. The number of rotatable bonds is 6. The molecule has 0 radical (unpaired) electrons. The van der Waals surface area contributed by atoms with E-state index >= 15 is 0 Å². The molecule has 0 atom stereocenters. The molecule has 0 saturated heterocycles. The Morgan fingerprint density at radius 2 is 2.28 bits per heavy atom. The first kappa shape index (κ1) is 14.2. The van der Waals surface area contributed by atoms with Gasteiger partial charge in [-0.3, -0.25) is 0 Å². The minimum absolute atomic E-state index is 0.328. The lowest BCUT2D eigenvalue weighted by Crippen LogP contribution is -2.17. The summed E-state index contributed by atoms with van der Waals surface area (Å²) in [6.45, 7) is 1.73. The Morgan fingerprint density at radius 3 is 2.89 bits per heavy atom. The van der Waals surface area contributed by atoms with Crippen LogP contribution in [0.4, 0.5) is 11.5 Å². The summed E-state index contributed by atoms with van der Waals surface area (Å²) < 4.78 is 4.65. The van der Waals surface area contributed by atoms with Gasteiger partial charge in [0.1, 0.15) is 5.82 Å². The smallest absolute Gasteiger partial charge is 0.340 e. The first-order chi connectivity index (χ1) is 8.56. The third-order valence-electron chi connectivity index (χ3n) is 2.47. The van der Waals surface area contributed by atoms with Crippen molar-refractivity contribution in [1.29, 1.82) is 0 Å². The molecule has 0 saturated carbocycles. The Labute approximate surface area is 107 Å². The Hall–Kier alpha value is -1.82. The molecule has 0 aromatic carbocycles. The zero-order valence-electron chi connectivity index (χ0n) is 11.1. The fraction of sp³-hybridized carbons (Fsp3) is 0.500. The lowest BCUT2D eigenvalue weighted by molar-refractivity contribution is 0.0602. The Morgan fingerprint density at radius 1 is 1.56 bits per heavy atom. The monoisotopic (exact) mass is 252 g/mol. The van der Waals surface area contributed by atoms with Crippen LogP contribution in [0, 0.1) is 0 Å². The third kappa shape index (κ3) is 3.89. The van der Waals surface area contributed by atoms with Gasteiger partial charge in [0.15, 0.2) is 0 Å². The Kier molecular flexibility index (Phi) is 5.38. The molecule has 1 rings (SSSR count). The van der Waals surface area contributed by atoms with Crippen molar-refractivity contribution in [2.24, 2.45) is 0 Å². The van der Waals surface area contributed by atoms with Crippen LogP contribution in [-0.4, -0.2) is 50.1 Å². The van der Waals surface area contributed by atoms with E-state index < -0.39 is 5.97 Å². The van der Waals surface area contributed by atoms with Crippen LogP contribution in [-0.2, 0) is 4.74 Å². The van der Waals surface area contributed by atoms with Crippen molar-refractivity contribution in [2.75, 3.05) is 45.3 Å². The minimum Gasteiger partial charge on any atom is -0.465 e. The molecule has 0 unspecified atom stereocenters. The van der Waals surface area contributed by atoms with Gasteiger partial charge in [-0.15, -0.1) is 0 Å². The van der Waals surface area contributed by atoms with E-state index in [1.165, 1.54) is 13.3 Å². The number of nitrogens with zero attached hydrogens (tertiary/aromatic N) is 2. The number of nitrogen functional groups attached to an aromatic ring is 1. The molecule has 1 aromatic heterocycles. The maximum Gasteiger partial charge on any atom is 0.340 e. The van der Waals surface area contributed by atoms with Gasteiger partial charge in [-0.05, 0) is 33.1 Å². The van der Waals surface area contributed by atoms with E-state index in [1.54, 1.807) is 6.07 Å². The number of hydrogen-bond acceptors (Lipinski definition) is 6. The topological polar surface area (TPSA) is 80.5 Å². The lowest BCUT2D eigenvalue weighted by atomic mass is 10.2. The van der Waals surface area contributed by atoms with Gasteiger partial charge in [0, 0.05) is 12.7 Å². The molecule has 0 bridgehead atoms. The molecule has 0 spiro atoms. The highest BCUT2D eigenvalue weighted by atomic mass is 16.5. The second kappa shape index (κ2) is 6.80. The van der Waals surface area contributed by atoms with Crippen LogP contribution in [0.5, 0.6) is 0 Å². The van der Waals surface area contributed by atoms with Crippen LogP contribution < -0.4 is 11.1 Å². The number of aromatic nitrogens is 1. The zero-order valence-corrected chi connectivity index (χ0v) is 11.1. The Balaban J connectivity index is 2.64. The highest BCUT2D eigenvalue weighted by Crippen LogP contribution is 2.20. The number of anilines is 2. The highest BCUT2D eigenvalue weighted by Gasteiger charge is 2.13. The summed E-state index contributed by atoms with van der Waals surface area (Å²) in [6, 6.07) is 1.55. The summed E-state index contributed by atoms with van der Waals surface area (Å²) in [6.07, 6.45) is 2.51. The standard InChI is InChI=1S/C12H20N4O2/c1-16(2)8-4-6-14-11-10(13)9(5-7-15-11)12(17)18-3/h5,7H,4,6,8,13H2,1-3H3,(H,14,15). The predicted molar refractivity (Wildman–Crippen MR) is 71.6 cm³/mol. The summed E-state index contributed by atoms with van der Waals surface area (Å²) in [7, 11) is 5.36. The number of carbonyl (C=O) groups is 1. The summed E-state index contributed by atoms with van der Waals surface area (Å²) in [5.41, 5.74) is 6.53. The lowest BCUT2D eigenvalue weighted by Gasteiger charge is -2.12. The van der Waals surface area contributed by atoms with E-state index in [0.29, 0.717) is 17.1 Å². The average Bonchev–Trinajstić information content (AvgIpc) is 2.35. The number of pyridine rings is 1. The number of hydrogen-bond donors (Lipinski definition) is 2. The van der Waals surface area contributed by atoms with Crippen molar-refractivity contribution >= 4 is 17.5 Å². The molecule has 6 nitrogen and oxygen atoms in total. The molecule has 6 heteroatoms. The van der Waals surface area contributed by atoms with Crippen LogP contribution in [0.15, 0.2) is 12.3 Å². The van der Waals surface area contributed by atoms with Gasteiger partial charge in [-0.2, -0.15) is 0 Å². The summed E-state index contributed by atoms with van der Waals surface area (Å²) in [4.78, 5) is 17.7. The van der Waals surface area contributed by atoms with Crippen LogP contribution in [0.3, 0.4) is 0 Å². The first-order valence-corrected chi connectivity index (χ1v) is 5.77. The molecule has 1 heterocycles. The van der Waals surface area contributed by atoms with Crippen molar-refractivity contribution in [2.45, 2.75) is 6.42 Å². The first-order valence-electron chi connectivity index (χ1n) is 5.77. The van der Waals surface area contributed by atoms with Gasteiger partial charge in [-0.1, -0.05) is 0 Å². The number of nitrogens with two attached hydrogens (primary N) is 1. The third-order valence-corrected chi connectivity index (χ3v) is 2.47. The summed E-state index contributed by atoms with van der Waals surface area (Å²) >= 11 is 0. The maximum atomic E-state index is 11.4. The van der Waals surface area contributed by atoms with Crippen LogP contribution in [0.25, 0.3) is 0 Å². The van der Waals surface area contributed by atoms with Crippen LogP contribution >= 0.6 is 0 Å². The van der Waals surface area contributed by atoms with E-state index in [9.17, 15) is 4.79 Å². The number of methoxy groups -OCH3 is 1. The van der Waals surface area contributed by atoms with Crippen molar-refractivity contribution in [1.82, 2.24) is 9.88 Å². The van der Waals surface area contributed by atoms with Crippen LogP contribution in [0.2, 0.25) is 0 Å². The van der Waals surface area contributed by atoms with Gasteiger partial charge < -0.3 is 20.7 Å². The molecule has 0 amide bonds. The van der Waals surface area contributed by atoms with Crippen molar-refractivity contribution in [3.8, 4) is 0 Å². The molecule has 3 N–H and O–H groups in total. The average molecular weight is 252 g/mol. The van der Waals surface area contributed by atoms with Gasteiger partial charge in [0.05, 0.1) is 18.4 Å². The molecule has 0 fully saturated rings. The molecule has 0 aliphatic heterocycles. The molecule has 100 valence electrons. The fourth-order valence-electron chi connectivity index (χ4n) is 1.50. The van der Waals surface area contributed by atoms with E-state index in [0.717, 1.165) is 19.5 Å². The second-order valence-corrected chi connectivity index (χ2v) is 4.20. The van der Waals surface area contributed by atoms with Gasteiger partial charge in [0.25, 0.3) is 0 Å².